The summed E-state index contributed by atoms with van der Waals surface area (Å²) in [6, 6.07) is 8.36. The van der Waals surface area contributed by atoms with Crippen molar-refractivity contribution >= 4 is 48.3 Å². The molecule has 0 fully saturated rings. The molecule has 0 saturated carbocycles. The summed E-state index contributed by atoms with van der Waals surface area (Å²) in [5.41, 5.74) is 3.12. The van der Waals surface area contributed by atoms with Crippen LogP contribution in [0.15, 0.2) is 40.3 Å². The van der Waals surface area contributed by atoms with Gasteiger partial charge in [-0.3, -0.25) is 4.68 Å². The highest BCUT2D eigenvalue weighted by Gasteiger charge is 2.15. The first-order valence-electron chi connectivity index (χ1n) is 6.72. The van der Waals surface area contributed by atoms with Gasteiger partial charge in [0.05, 0.1) is 33.7 Å². The molecule has 0 atom stereocenters. The van der Waals surface area contributed by atoms with Crippen LogP contribution in [0.2, 0.25) is 0 Å². The number of benzene rings is 1. The minimum absolute atomic E-state index is 0.604. The van der Waals surface area contributed by atoms with Crippen molar-refractivity contribution in [2.24, 2.45) is 7.05 Å². The minimum Gasteiger partial charge on any atom is -0.480 e. The highest BCUT2D eigenvalue weighted by Crippen LogP contribution is 2.40. The lowest BCUT2D eigenvalue weighted by Crippen LogP contribution is -1.93. The lowest BCUT2D eigenvalue weighted by Gasteiger charge is -2.09. The maximum absolute atomic E-state index is 5.41. The number of pyridine rings is 1. The number of methoxy groups -OCH3 is 1. The number of thiophene rings is 1. The Hall–Kier alpha value is -1.92. The van der Waals surface area contributed by atoms with Crippen LogP contribution in [0.5, 0.6) is 5.88 Å². The molecule has 3 aromatic heterocycles. The van der Waals surface area contributed by atoms with Crippen molar-refractivity contribution in [3.63, 3.8) is 0 Å². The largest absolute Gasteiger partial charge is 0.480 e. The van der Waals surface area contributed by atoms with Crippen LogP contribution in [-0.2, 0) is 7.05 Å². The summed E-state index contributed by atoms with van der Waals surface area (Å²) in [6.07, 6.45) is 1.88. The van der Waals surface area contributed by atoms with Gasteiger partial charge in [0.2, 0.25) is 5.88 Å². The Morgan fingerprint density at radius 2 is 2.14 bits per heavy atom. The Labute approximate surface area is 139 Å². The zero-order valence-electron chi connectivity index (χ0n) is 12.0. The van der Waals surface area contributed by atoms with Gasteiger partial charge < -0.3 is 4.74 Å². The number of aromatic nitrogens is 3. The van der Waals surface area contributed by atoms with Crippen molar-refractivity contribution in [3.05, 3.63) is 40.3 Å². The van der Waals surface area contributed by atoms with E-state index in [1.165, 1.54) is 0 Å². The number of fused-ring (bicyclic) bond motifs is 2. The van der Waals surface area contributed by atoms with Gasteiger partial charge in [0.1, 0.15) is 0 Å². The number of rotatable bonds is 2. The highest BCUT2D eigenvalue weighted by molar-refractivity contribution is 9.10. The van der Waals surface area contributed by atoms with Crippen LogP contribution in [0, 0.1) is 0 Å². The molecule has 1 aromatic carbocycles. The van der Waals surface area contributed by atoms with Crippen LogP contribution in [0.3, 0.4) is 0 Å². The van der Waals surface area contributed by atoms with E-state index in [1.54, 1.807) is 18.4 Å². The number of ether oxygens (including phenoxy) is 1. The molecule has 4 aromatic rings. The molecule has 3 heterocycles. The van der Waals surface area contributed by atoms with E-state index in [4.69, 9.17) is 4.74 Å². The first-order chi connectivity index (χ1) is 10.7. The number of halogens is 1. The predicted octanol–water partition coefficient (Wildman–Crippen LogP) is 4.62. The molecule has 4 nitrogen and oxygen atoms in total. The zero-order chi connectivity index (χ0) is 15.3. The van der Waals surface area contributed by atoms with Gasteiger partial charge in [-0.1, -0.05) is 6.07 Å². The summed E-state index contributed by atoms with van der Waals surface area (Å²) in [5, 5.41) is 8.60. The fourth-order valence-corrected chi connectivity index (χ4v) is 4.25. The van der Waals surface area contributed by atoms with Crippen LogP contribution in [0.25, 0.3) is 32.2 Å². The number of hydrogen-bond donors (Lipinski definition) is 0. The second-order valence-electron chi connectivity index (χ2n) is 4.99. The summed E-state index contributed by atoms with van der Waals surface area (Å²) < 4.78 is 9.33. The van der Waals surface area contributed by atoms with Crippen molar-refractivity contribution < 1.29 is 4.74 Å². The van der Waals surface area contributed by atoms with Crippen molar-refractivity contribution in [1.82, 2.24) is 14.8 Å². The van der Waals surface area contributed by atoms with Crippen LogP contribution < -0.4 is 4.74 Å². The van der Waals surface area contributed by atoms with E-state index in [2.05, 4.69) is 55.7 Å². The Morgan fingerprint density at radius 3 is 2.95 bits per heavy atom. The summed E-state index contributed by atoms with van der Waals surface area (Å²) in [5.74, 6) is 0.604. The summed E-state index contributed by atoms with van der Waals surface area (Å²) in [6.45, 7) is 0. The molecule has 0 amide bonds. The van der Waals surface area contributed by atoms with E-state index < -0.39 is 0 Å². The molecule has 0 N–H and O–H groups in total. The molecule has 0 aliphatic heterocycles. The Bertz CT molecular complexity index is 1010. The number of hydrogen-bond acceptors (Lipinski definition) is 4. The van der Waals surface area contributed by atoms with Gasteiger partial charge in [0.25, 0.3) is 0 Å². The Morgan fingerprint density at radius 1 is 1.27 bits per heavy atom. The molecular formula is C16H12BrN3OS. The molecule has 110 valence electrons. The van der Waals surface area contributed by atoms with Crippen LogP contribution in [0.4, 0.5) is 0 Å². The first-order valence-corrected chi connectivity index (χ1v) is 8.39. The number of nitrogens with zero attached hydrogens (tertiary/aromatic N) is 3. The van der Waals surface area contributed by atoms with Gasteiger partial charge in [-0.25, -0.2) is 4.98 Å². The van der Waals surface area contributed by atoms with Crippen LogP contribution in [0.1, 0.15) is 0 Å². The van der Waals surface area contributed by atoms with E-state index in [0.717, 1.165) is 36.7 Å². The van der Waals surface area contributed by atoms with Gasteiger partial charge in [0, 0.05) is 23.4 Å². The second-order valence-corrected chi connectivity index (χ2v) is 6.70. The van der Waals surface area contributed by atoms with Crippen molar-refractivity contribution in [2.45, 2.75) is 0 Å². The molecule has 0 saturated heterocycles. The number of aryl methyl sites for hydroxylation is 1. The molecule has 4 rings (SSSR count). The third-order valence-corrected chi connectivity index (χ3v) is 5.42. The van der Waals surface area contributed by atoms with E-state index in [0.29, 0.717) is 5.88 Å². The standard InChI is InChI=1S/C16H12BrN3OS/c1-20-12-4-3-9(7-10(12)8-18-20)14-15-11(5-6-22-15)13(17)16(19-14)21-2/h3-8H,1-2H3. The summed E-state index contributed by atoms with van der Waals surface area (Å²) in [4.78, 5) is 4.69. The zero-order valence-corrected chi connectivity index (χ0v) is 14.4. The van der Waals surface area contributed by atoms with Crippen LogP contribution in [-0.4, -0.2) is 21.9 Å². The van der Waals surface area contributed by atoms with E-state index in [1.807, 2.05) is 17.9 Å². The molecule has 0 aliphatic rings. The third kappa shape index (κ3) is 1.94. The van der Waals surface area contributed by atoms with Gasteiger partial charge >= 0.3 is 0 Å². The highest BCUT2D eigenvalue weighted by atomic mass is 79.9. The maximum atomic E-state index is 5.41. The van der Waals surface area contributed by atoms with Gasteiger partial charge in [-0.05, 0) is 39.5 Å². The van der Waals surface area contributed by atoms with Gasteiger partial charge in [-0.2, -0.15) is 5.10 Å². The topological polar surface area (TPSA) is 39.9 Å². The minimum atomic E-state index is 0.604. The Balaban J connectivity index is 2.02. The van der Waals surface area contributed by atoms with Crippen LogP contribution >= 0.6 is 27.3 Å². The molecule has 0 unspecified atom stereocenters. The van der Waals surface area contributed by atoms with E-state index >= 15 is 0 Å². The fraction of sp³-hybridized carbons (Fsp3) is 0.125. The summed E-state index contributed by atoms with van der Waals surface area (Å²) in [7, 11) is 3.58. The van der Waals surface area contributed by atoms with Crippen molar-refractivity contribution in [2.75, 3.05) is 7.11 Å². The van der Waals surface area contributed by atoms with E-state index in [-0.39, 0.29) is 0 Å². The predicted molar refractivity (Wildman–Crippen MR) is 93.6 cm³/mol. The molecular weight excluding hydrogens is 362 g/mol. The molecule has 6 heteroatoms. The lowest BCUT2D eigenvalue weighted by atomic mass is 10.1. The molecule has 0 spiro atoms. The SMILES string of the molecule is COc1nc(-c2ccc3c(cnn3C)c2)c2sccc2c1Br. The second kappa shape index (κ2) is 5.07. The Kier molecular flexibility index (Phi) is 3.16. The van der Waals surface area contributed by atoms with E-state index in [9.17, 15) is 0 Å². The average Bonchev–Trinajstić information content (AvgIpc) is 3.15. The maximum Gasteiger partial charge on any atom is 0.228 e. The molecule has 0 radical (unpaired) electrons. The fourth-order valence-electron chi connectivity index (χ4n) is 2.62. The summed E-state index contributed by atoms with van der Waals surface area (Å²) >= 11 is 5.26. The third-order valence-electron chi connectivity index (χ3n) is 3.73. The molecule has 0 bridgehead atoms. The monoisotopic (exact) mass is 373 g/mol. The average molecular weight is 374 g/mol. The molecule has 22 heavy (non-hydrogen) atoms. The molecule has 0 aliphatic carbocycles. The van der Waals surface area contributed by atoms with Gasteiger partial charge in [0.15, 0.2) is 0 Å². The van der Waals surface area contributed by atoms with Crippen molar-refractivity contribution in [3.8, 4) is 17.1 Å². The first kappa shape index (κ1) is 13.7. The quantitative estimate of drug-likeness (QED) is 0.514. The van der Waals surface area contributed by atoms with Crippen molar-refractivity contribution in [1.29, 1.82) is 0 Å². The lowest BCUT2D eigenvalue weighted by molar-refractivity contribution is 0.396. The smallest absolute Gasteiger partial charge is 0.228 e. The normalized spacial score (nSPS) is 11.4. The van der Waals surface area contributed by atoms with Gasteiger partial charge in [-0.15, -0.1) is 11.3 Å².